The highest BCUT2D eigenvalue weighted by Gasteiger charge is 2.34. The number of fused-ring (bicyclic) bond motifs is 1. The molecule has 0 fully saturated rings. The number of hydrogen-bond donors (Lipinski definition) is 0. The van der Waals surface area contributed by atoms with Crippen LogP contribution in [0.25, 0.3) is 16.7 Å². The zero-order chi connectivity index (χ0) is 24.6. The van der Waals surface area contributed by atoms with Gasteiger partial charge in [-0.2, -0.15) is 18.3 Å². The lowest BCUT2D eigenvalue weighted by molar-refractivity contribution is -0.137. The fourth-order valence-electron chi connectivity index (χ4n) is 3.94. The number of rotatable bonds is 5. The van der Waals surface area contributed by atoms with Crippen LogP contribution in [0.5, 0.6) is 0 Å². The molecule has 0 radical (unpaired) electrons. The SMILES string of the molecule is CCc1oc2ccccc2c1CN(C)C(=O)c1nn(-c2ccccc2C(F)(F)F)c(C)cc1=O. The Bertz CT molecular complexity index is 1440. The average molecular weight is 469 g/mol. The normalized spacial score (nSPS) is 11.7. The molecule has 0 aliphatic carbocycles. The number of para-hydroxylation sites is 2. The predicted molar refractivity (Wildman–Crippen MR) is 121 cm³/mol. The van der Waals surface area contributed by atoms with Gasteiger partial charge in [-0.3, -0.25) is 9.59 Å². The van der Waals surface area contributed by atoms with E-state index in [9.17, 15) is 22.8 Å². The zero-order valence-electron chi connectivity index (χ0n) is 18.8. The maximum Gasteiger partial charge on any atom is 0.418 e. The predicted octanol–water partition coefficient (Wildman–Crippen LogP) is 5.14. The van der Waals surface area contributed by atoms with Gasteiger partial charge in [0.2, 0.25) is 5.43 Å². The first-order valence-corrected chi connectivity index (χ1v) is 10.6. The van der Waals surface area contributed by atoms with E-state index in [1.807, 2.05) is 31.2 Å². The summed E-state index contributed by atoms with van der Waals surface area (Å²) in [5.41, 5.74) is -0.635. The van der Waals surface area contributed by atoms with Crippen LogP contribution in [-0.2, 0) is 19.1 Å². The first-order chi connectivity index (χ1) is 16.1. The minimum absolute atomic E-state index is 0.146. The van der Waals surface area contributed by atoms with Crippen molar-refractivity contribution in [3.05, 3.63) is 93.1 Å². The third-order valence-corrected chi connectivity index (χ3v) is 5.59. The molecule has 0 atom stereocenters. The molecule has 0 saturated heterocycles. The number of carbonyl (C=O) groups excluding carboxylic acids is 1. The summed E-state index contributed by atoms with van der Waals surface area (Å²) in [6, 6.07) is 13.4. The molecule has 0 unspecified atom stereocenters. The van der Waals surface area contributed by atoms with E-state index in [-0.39, 0.29) is 17.9 Å². The van der Waals surface area contributed by atoms with Crippen LogP contribution in [0, 0.1) is 6.92 Å². The maximum atomic E-state index is 13.6. The van der Waals surface area contributed by atoms with Gasteiger partial charge in [0.1, 0.15) is 11.3 Å². The van der Waals surface area contributed by atoms with E-state index in [2.05, 4.69) is 5.10 Å². The van der Waals surface area contributed by atoms with Crippen molar-refractivity contribution in [3.63, 3.8) is 0 Å². The number of nitrogens with zero attached hydrogens (tertiary/aromatic N) is 3. The van der Waals surface area contributed by atoms with E-state index in [0.717, 1.165) is 27.8 Å². The third kappa shape index (κ3) is 4.21. The highest BCUT2D eigenvalue weighted by atomic mass is 19.4. The van der Waals surface area contributed by atoms with Crippen molar-refractivity contribution < 1.29 is 22.4 Å². The van der Waals surface area contributed by atoms with Crippen LogP contribution < -0.4 is 5.43 Å². The molecule has 0 bridgehead atoms. The van der Waals surface area contributed by atoms with Gasteiger partial charge in [0.25, 0.3) is 5.91 Å². The van der Waals surface area contributed by atoms with E-state index >= 15 is 0 Å². The van der Waals surface area contributed by atoms with Crippen molar-refractivity contribution in [2.45, 2.75) is 33.0 Å². The van der Waals surface area contributed by atoms with Crippen LogP contribution in [0.2, 0.25) is 0 Å². The van der Waals surface area contributed by atoms with Crippen molar-refractivity contribution in [2.24, 2.45) is 0 Å². The Hall–Kier alpha value is -3.88. The summed E-state index contributed by atoms with van der Waals surface area (Å²) < 4.78 is 47.5. The Morgan fingerprint density at radius 2 is 1.79 bits per heavy atom. The van der Waals surface area contributed by atoms with Crippen LogP contribution in [0.1, 0.15) is 40.0 Å². The van der Waals surface area contributed by atoms with Crippen molar-refractivity contribution >= 4 is 16.9 Å². The molecule has 176 valence electrons. The summed E-state index contributed by atoms with van der Waals surface area (Å²) in [5, 5.41) is 4.92. The van der Waals surface area contributed by atoms with E-state index in [1.165, 1.54) is 37.1 Å². The third-order valence-electron chi connectivity index (χ3n) is 5.59. The summed E-state index contributed by atoms with van der Waals surface area (Å²) in [6.07, 6.45) is -4.02. The van der Waals surface area contributed by atoms with Crippen molar-refractivity contribution in [2.75, 3.05) is 7.05 Å². The van der Waals surface area contributed by atoms with Gasteiger partial charge in [-0.15, -0.1) is 0 Å². The Morgan fingerprint density at radius 3 is 2.50 bits per heavy atom. The Kier molecular flexibility index (Phi) is 6.03. The van der Waals surface area contributed by atoms with Gasteiger partial charge in [-0.1, -0.05) is 37.3 Å². The molecule has 1 amide bonds. The second-order valence-corrected chi connectivity index (χ2v) is 7.94. The largest absolute Gasteiger partial charge is 0.461 e. The lowest BCUT2D eigenvalue weighted by Crippen LogP contribution is -2.33. The van der Waals surface area contributed by atoms with E-state index < -0.39 is 28.8 Å². The summed E-state index contributed by atoms with van der Waals surface area (Å²) >= 11 is 0. The second-order valence-electron chi connectivity index (χ2n) is 7.94. The number of aromatic nitrogens is 2. The van der Waals surface area contributed by atoms with Crippen molar-refractivity contribution in [1.82, 2.24) is 14.7 Å². The monoisotopic (exact) mass is 469 g/mol. The van der Waals surface area contributed by atoms with E-state index in [4.69, 9.17) is 4.42 Å². The lowest BCUT2D eigenvalue weighted by atomic mass is 10.1. The van der Waals surface area contributed by atoms with Crippen LogP contribution in [0.3, 0.4) is 0 Å². The lowest BCUT2D eigenvalue weighted by Gasteiger charge is -2.19. The van der Waals surface area contributed by atoms with Gasteiger partial charge in [0, 0.05) is 42.7 Å². The number of amides is 1. The molecule has 2 heterocycles. The quantitative estimate of drug-likeness (QED) is 0.406. The Morgan fingerprint density at radius 1 is 1.12 bits per heavy atom. The molecule has 0 aliphatic heterocycles. The number of furan rings is 1. The van der Waals surface area contributed by atoms with Crippen LogP contribution in [0.15, 0.2) is 63.8 Å². The molecule has 4 aromatic rings. The standard InChI is InChI=1S/C25H22F3N3O3/c1-4-21-17(16-9-5-8-12-22(16)34-21)14-30(3)24(33)23-20(32)13-15(2)31(29-23)19-11-7-6-10-18(19)25(26,27)28/h5-13H,4,14H2,1-3H3. The first-order valence-electron chi connectivity index (χ1n) is 10.6. The number of alkyl halides is 3. The number of benzene rings is 2. The number of hydrogen-bond acceptors (Lipinski definition) is 4. The van der Waals surface area contributed by atoms with E-state index in [0.29, 0.717) is 17.8 Å². The van der Waals surface area contributed by atoms with Gasteiger partial charge in [-0.25, -0.2) is 4.68 Å². The average Bonchev–Trinajstić information content (AvgIpc) is 3.15. The number of halogens is 3. The first kappa shape index (κ1) is 23.3. The zero-order valence-corrected chi connectivity index (χ0v) is 18.8. The minimum Gasteiger partial charge on any atom is -0.461 e. The van der Waals surface area contributed by atoms with Gasteiger partial charge in [0.05, 0.1) is 11.3 Å². The van der Waals surface area contributed by atoms with Crippen LogP contribution >= 0.6 is 0 Å². The summed E-state index contributed by atoms with van der Waals surface area (Å²) in [4.78, 5) is 27.1. The Labute approximate surface area is 193 Å². The van der Waals surface area contributed by atoms with Crippen molar-refractivity contribution in [3.8, 4) is 5.69 Å². The molecular formula is C25H22F3N3O3. The van der Waals surface area contributed by atoms with E-state index in [1.54, 1.807) is 0 Å². The smallest absolute Gasteiger partial charge is 0.418 e. The molecule has 34 heavy (non-hydrogen) atoms. The molecule has 0 saturated carbocycles. The number of aryl methyl sites for hydroxylation is 2. The fraction of sp³-hybridized carbons (Fsp3) is 0.240. The molecule has 6 nitrogen and oxygen atoms in total. The van der Waals surface area contributed by atoms with Gasteiger partial charge >= 0.3 is 6.18 Å². The molecule has 2 aromatic heterocycles. The molecule has 0 aliphatic rings. The van der Waals surface area contributed by atoms with Gasteiger partial charge < -0.3 is 9.32 Å². The highest BCUT2D eigenvalue weighted by molar-refractivity contribution is 5.92. The molecule has 0 N–H and O–H groups in total. The fourth-order valence-corrected chi connectivity index (χ4v) is 3.94. The molecule has 9 heteroatoms. The minimum atomic E-state index is -4.63. The summed E-state index contributed by atoms with van der Waals surface area (Å²) in [6.45, 7) is 3.54. The molecular weight excluding hydrogens is 447 g/mol. The molecule has 2 aromatic carbocycles. The van der Waals surface area contributed by atoms with Crippen LogP contribution in [0.4, 0.5) is 13.2 Å². The Balaban J connectivity index is 1.74. The summed E-state index contributed by atoms with van der Waals surface area (Å²) in [7, 11) is 1.51. The maximum absolute atomic E-state index is 13.6. The molecule has 4 rings (SSSR count). The topological polar surface area (TPSA) is 68.3 Å². The highest BCUT2D eigenvalue weighted by Crippen LogP contribution is 2.33. The summed E-state index contributed by atoms with van der Waals surface area (Å²) in [5.74, 6) is 0.0183. The van der Waals surface area contributed by atoms with Gasteiger partial charge in [0.15, 0.2) is 5.69 Å². The van der Waals surface area contributed by atoms with Gasteiger partial charge in [-0.05, 0) is 25.1 Å². The van der Waals surface area contributed by atoms with Crippen molar-refractivity contribution in [1.29, 1.82) is 0 Å². The number of carbonyl (C=O) groups is 1. The van der Waals surface area contributed by atoms with Crippen LogP contribution in [-0.4, -0.2) is 27.6 Å². The second kappa shape index (κ2) is 8.81. The molecule has 0 spiro atoms.